The monoisotopic (exact) mass is 275 g/mol. The van der Waals surface area contributed by atoms with Gasteiger partial charge in [-0.25, -0.2) is 9.97 Å². The van der Waals surface area contributed by atoms with Crippen molar-refractivity contribution in [2.24, 2.45) is 0 Å². The molecular formula is C15H21N3S. The van der Waals surface area contributed by atoms with E-state index in [9.17, 15) is 0 Å². The Morgan fingerprint density at radius 1 is 1.16 bits per heavy atom. The molecule has 3 nitrogen and oxygen atoms in total. The van der Waals surface area contributed by atoms with Crippen molar-refractivity contribution in [1.29, 1.82) is 0 Å². The maximum Gasteiger partial charge on any atom is 0.162 e. The smallest absolute Gasteiger partial charge is 0.162 e. The van der Waals surface area contributed by atoms with Crippen LogP contribution in [0.2, 0.25) is 0 Å². The van der Waals surface area contributed by atoms with E-state index in [1.54, 1.807) is 11.3 Å². The highest BCUT2D eigenvalue weighted by Crippen LogP contribution is 2.29. The Balaban J connectivity index is 2.41. The lowest BCUT2D eigenvalue weighted by molar-refractivity contribution is 0.951. The molecule has 0 aliphatic heterocycles. The molecule has 0 radical (unpaired) electrons. The van der Waals surface area contributed by atoms with Crippen LogP contribution in [0.3, 0.4) is 0 Å². The third-order valence-corrected chi connectivity index (χ3v) is 3.95. The summed E-state index contributed by atoms with van der Waals surface area (Å²) in [6, 6.07) is 4.23. The summed E-state index contributed by atoms with van der Waals surface area (Å²) < 4.78 is 0. The number of nitrogens with zero attached hydrogens (tertiary/aromatic N) is 2. The molecule has 2 rings (SSSR count). The molecule has 2 aromatic heterocycles. The lowest BCUT2D eigenvalue weighted by atomic mass is 10.2. The Morgan fingerprint density at radius 3 is 2.53 bits per heavy atom. The second-order valence-electron chi connectivity index (χ2n) is 4.68. The fraction of sp³-hybridized carbons (Fsp3) is 0.467. The van der Waals surface area contributed by atoms with Crippen molar-refractivity contribution < 1.29 is 0 Å². The highest BCUT2D eigenvalue weighted by Gasteiger charge is 2.11. The Bertz CT molecular complexity index is 561. The third-order valence-electron chi connectivity index (χ3n) is 2.98. The fourth-order valence-electron chi connectivity index (χ4n) is 2.00. The first kappa shape index (κ1) is 14.0. The number of rotatable bonds is 5. The molecule has 0 amide bonds. The molecule has 0 fully saturated rings. The molecular weight excluding hydrogens is 254 g/mol. The highest BCUT2D eigenvalue weighted by atomic mass is 32.1. The van der Waals surface area contributed by atoms with Crippen LogP contribution in [0.25, 0.3) is 11.4 Å². The van der Waals surface area contributed by atoms with Gasteiger partial charge in [0.15, 0.2) is 5.82 Å². The zero-order valence-corrected chi connectivity index (χ0v) is 12.9. The SMILES string of the molecule is CCCNc1cc(CC)nc(-c2cc(C)sc2C)n1. The maximum atomic E-state index is 4.66. The summed E-state index contributed by atoms with van der Waals surface area (Å²) in [5.41, 5.74) is 2.25. The summed E-state index contributed by atoms with van der Waals surface area (Å²) >= 11 is 1.80. The van der Waals surface area contributed by atoms with E-state index in [1.807, 2.05) is 6.07 Å². The number of hydrogen-bond donors (Lipinski definition) is 1. The molecule has 0 aliphatic carbocycles. The summed E-state index contributed by atoms with van der Waals surface area (Å²) in [4.78, 5) is 11.9. The van der Waals surface area contributed by atoms with Crippen LogP contribution in [0.5, 0.6) is 0 Å². The van der Waals surface area contributed by atoms with Gasteiger partial charge in [0.25, 0.3) is 0 Å². The van der Waals surface area contributed by atoms with E-state index in [4.69, 9.17) is 0 Å². The summed E-state index contributed by atoms with van der Waals surface area (Å²) in [5, 5.41) is 3.36. The molecule has 19 heavy (non-hydrogen) atoms. The molecule has 0 saturated carbocycles. The van der Waals surface area contributed by atoms with E-state index >= 15 is 0 Å². The van der Waals surface area contributed by atoms with Crippen molar-refractivity contribution in [1.82, 2.24) is 9.97 Å². The van der Waals surface area contributed by atoms with Gasteiger partial charge in [-0.05, 0) is 32.8 Å². The number of nitrogens with one attached hydrogen (secondary N) is 1. The van der Waals surface area contributed by atoms with Crippen molar-refractivity contribution in [3.63, 3.8) is 0 Å². The largest absolute Gasteiger partial charge is 0.370 e. The number of thiophene rings is 1. The van der Waals surface area contributed by atoms with Crippen LogP contribution in [0.4, 0.5) is 5.82 Å². The fourth-order valence-corrected chi connectivity index (χ4v) is 2.92. The first-order valence-electron chi connectivity index (χ1n) is 6.83. The van der Waals surface area contributed by atoms with Gasteiger partial charge in [0, 0.05) is 33.6 Å². The van der Waals surface area contributed by atoms with Gasteiger partial charge in [-0.15, -0.1) is 11.3 Å². The minimum absolute atomic E-state index is 0.847. The topological polar surface area (TPSA) is 37.8 Å². The van der Waals surface area contributed by atoms with Crippen molar-refractivity contribution in [3.05, 3.63) is 27.6 Å². The Morgan fingerprint density at radius 2 is 1.95 bits per heavy atom. The molecule has 4 heteroatoms. The van der Waals surface area contributed by atoms with Crippen LogP contribution in [-0.2, 0) is 6.42 Å². The second-order valence-corrected chi connectivity index (χ2v) is 6.14. The predicted octanol–water partition coefficient (Wildman–Crippen LogP) is 4.21. The van der Waals surface area contributed by atoms with Gasteiger partial charge < -0.3 is 5.32 Å². The molecule has 0 spiro atoms. The summed E-state index contributed by atoms with van der Waals surface area (Å²) in [7, 11) is 0. The highest BCUT2D eigenvalue weighted by molar-refractivity contribution is 7.12. The lowest BCUT2D eigenvalue weighted by Crippen LogP contribution is -2.05. The van der Waals surface area contributed by atoms with Crippen molar-refractivity contribution in [3.8, 4) is 11.4 Å². The number of anilines is 1. The van der Waals surface area contributed by atoms with Crippen LogP contribution in [0, 0.1) is 13.8 Å². The summed E-state index contributed by atoms with van der Waals surface area (Å²) in [6.45, 7) is 9.49. The van der Waals surface area contributed by atoms with Gasteiger partial charge in [-0.3, -0.25) is 0 Å². The number of aromatic nitrogens is 2. The third kappa shape index (κ3) is 3.32. The average molecular weight is 275 g/mol. The Kier molecular flexibility index (Phi) is 4.53. The zero-order valence-electron chi connectivity index (χ0n) is 12.1. The van der Waals surface area contributed by atoms with E-state index in [1.165, 1.54) is 9.75 Å². The maximum absolute atomic E-state index is 4.66. The van der Waals surface area contributed by atoms with E-state index in [-0.39, 0.29) is 0 Å². The van der Waals surface area contributed by atoms with Gasteiger partial charge in [0.05, 0.1) is 0 Å². The number of aryl methyl sites for hydroxylation is 3. The Labute approximate surface area is 119 Å². The molecule has 0 saturated heterocycles. The van der Waals surface area contributed by atoms with Crippen molar-refractivity contribution in [2.45, 2.75) is 40.5 Å². The summed E-state index contributed by atoms with van der Waals surface area (Å²) in [5.74, 6) is 1.78. The molecule has 1 N–H and O–H groups in total. The second kappa shape index (κ2) is 6.15. The quantitative estimate of drug-likeness (QED) is 0.888. The minimum Gasteiger partial charge on any atom is -0.370 e. The molecule has 2 heterocycles. The molecule has 0 aromatic carbocycles. The van der Waals surface area contributed by atoms with Gasteiger partial charge >= 0.3 is 0 Å². The Hall–Kier alpha value is -1.42. The van der Waals surface area contributed by atoms with E-state index in [0.717, 1.165) is 42.3 Å². The molecule has 0 unspecified atom stereocenters. The van der Waals surface area contributed by atoms with Crippen LogP contribution in [-0.4, -0.2) is 16.5 Å². The van der Waals surface area contributed by atoms with Crippen LogP contribution < -0.4 is 5.32 Å². The van der Waals surface area contributed by atoms with Gasteiger partial charge in [-0.1, -0.05) is 13.8 Å². The average Bonchev–Trinajstić information content (AvgIpc) is 2.75. The standard InChI is InChI=1S/C15H21N3S/c1-5-7-16-14-9-12(6-2)17-15(18-14)13-8-10(3)19-11(13)4/h8-9H,5-7H2,1-4H3,(H,16,17,18). The van der Waals surface area contributed by atoms with Gasteiger partial charge in [0.1, 0.15) is 5.82 Å². The number of hydrogen-bond acceptors (Lipinski definition) is 4. The van der Waals surface area contributed by atoms with E-state index in [2.05, 4.69) is 49.0 Å². The zero-order chi connectivity index (χ0) is 13.8. The molecule has 2 aromatic rings. The van der Waals surface area contributed by atoms with Gasteiger partial charge in [0.2, 0.25) is 0 Å². The van der Waals surface area contributed by atoms with Crippen LogP contribution in [0.15, 0.2) is 12.1 Å². The van der Waals surface area contributed by atoms with Crippen molar-refractivity contribution in [2.75, 3.05) is 11.9 Å². The summed E-state index contributed by atoms with van der Waals surface area (Å²) in [6.07, 6.45) is 2.02. The van der Waals surface area contributed by atoms with E-state index in [0.29, 0.717) is 0 Å². The molecule has 0 bridgehead atoms. The molecule has 0 aliphatic rings. The first-order valence-corrected chi connectivity index (χ1v) is 7.65. The van der Waals surface area contributed by atoms with E-state index < -0.39 is 0 Å². The van der Waals surface area contributed by atoms with Gasteiger partial charge in [-0.2, -0.15) is 0 Å². The molecule has 0 atom stereocenters. The lowest BCUT2D eigenvalue weighted by Gasteiger charge is -2.08. The minimum atomic E-state index is 0.847. The first-order chi connectivity index (χ1) is 9.13. The predicted molar refractivity (Wildman–Crippen MR) is 83.0 cm³/mol. The normalized spacial score (nSPS) is 10.7. The van der Waals surface area contributed by atoms with Crippen LogP contribution >= 0.6 is 11.3 Å². The van der Waals surface area contributed by atoms with Crippen molar-refractivity contribution >= 4 is 17.2 Å². The van der Waals surface area contributed by atoms with Crippen LogP contribution in [0.1, 0.15) is 35.7 Å². The molecule has 102 valence electrons.